The third-order valence-electron chi connectivity index (χ3n) is 3.64. The van der Waals surface area contributed by atoms with Gasteiger partial charge in [0.05, 0.1) is 17.9 Å². The predicted molar refractivity (Wildman–Crippen MR) is 90.4 cm³/mol. The molecule has 0 unspecified atom stereocenters. The van der Waals surface area contributed by atoms with Gasteiger partial charge >= 0.3 is 0 Å². The van der Waals surface area contributed by atoms with Crippen LogP contribution in [0.25, 0.3) is 0 Å². The lowest BCUT2D eigenvalue weighted by atomic mass is 10.2. The average Bonchev–Trinajstić information content (AvgIpc) is 3.40. The van der Waals surface area contributed by atoms with E-state index in [9.17, 15) is 14.0 Å². The molecule has 0 spiro atoms. The molecule has 1 aliphatic carbocycles. The van der Waals surface area contributed by atoms with Crippen LogP contribution in [0.15, 0.2) is 48.5 Å². The number of rotatable bonds is 6. The summed E-state index contributed by atoms with van der Waals surface area (Å²) in [6.45, 7) is -0.159. The molecule has 124 valence electrons. The van der Waals surface area contributed by atoms with Gasteiger partial charge < -0.3 is 16.0 Å². The molecule has 0 bridgehead atoms. The molecule has 0 saturated heterocycles. The summed E-state index contributed by atoms with van der Waals surface area (Å²) in [5.74, 6) is -1.06. The molecule has 6 heteroatoms. The fraction of sp³-hybridized carbons (Fsp3) is 0.222. The molecule has 24 heavy (non-hydrogen) atoms. The summed E-state index contributed by atoms with van der Waals surface area (Å²) in [6.07, 6.45) is 2.08. The maximum atomic E-state index is 13.4. The van der Waals surface area contributed by atoms with Crippen LogP contribution >= 0.6 is 0 Å². The van der Waals surface area contributed by atoms with Crippen LogP contribution in [0.4, 0.5) is 15.8 Å². The van der Waals surface area contributed by atoms with E-state index < -0.39 is 0 Å². The predicted octanol–water partition coefficient (Wildman–Crippen LogP) is 2.77. The lowest BCUT2D eigenvalue weighted by Crippen LogP contribution is -2.33. The van der Waals surface area contributed by atoms with Crippen molar-refractivity contribution in [2.24, 2.45) is 0 Å². The Kier molecular flexibility index (Phi) is 4.74. The molecule has 2 aromatic rings. The minimum absolute atomic E-state index is 0.159. The SMILES string of the molecule is O=C(CNC(=O)c1ccccc1)Nc1ccc(F)cc1NC1CC1. The Bertz CT molecular complexity index is 745. The fourth-order valence-electron chi connectivity index (χ4n) is 2.24. The van der Waals surface area contributed by atoms with E-state index in [1.54, 1.807) is 24.3 Å². The van der Waals surface area contributed by atoms with E-state index in [4.69, 9.17) is 0 Å². The molecule has 0 heterocycles. The van der Waals surface area contributed by atoms with Crippen molar-refractivity contribution in [2.75, 3.05) is 17.2 Å². The highest BCUT2D eigenvalue weighted by Crippen LogP contribution is 2.30. The number of amides is 2. The second-order valence-electron chi connectivity index (χ2n) is 5.71. The first kappa shape index (κ1) is 16.0. The highest BCUT2D eigenvalue weighted by atomic mass is 19.1. The Morgan fingerprint density at radius 2 is 1.79 bits per heavy atom. The van der Waals surface area contributed by atoms with Crippen LogP contribution in [0, 0.1) is 5.82 Å². The van der Waals surface area contributed by atoms with Gasteiger partial charge in [0.15, 0.2) is 0 Å². The van der Waals surface area contributed by atoms with Crippen molar-refractivity contribution >= 4 is 23.2 Å². The van der Waals surface area contributed by atoms with Gasteiger partial charge in [0.2, 0.25) is 5.91 Å². The molecule has 5 nitrogen and oxygen atoms in total. The average molecular weight is 327 g/mol. The van der Waals surface area contributed by atoms with Gasteiger partial charge in [0, 0.05) is 11.6 Å². The molecular formula is C18H18FN3O2. The summed E-state index contributed by atoms with van der Waals surface area (Å²) < 4.78 is 13.4. The number of halogens is 1. The molecule has 0 aromatic heterocycles. The molecule has 3 N–H and O–H groups in total. The quantitative estimate of drug-likeness (QED) is 0.764. The molecule has 2 amide bonds. The van der Waals surface area contributed by atoms with Crippen molar-refractivity contribution in [3.8, 4) is 0 Å². The van der Waals surface area contributed by atoms with E-state index in [0.717, 1.165) is 12.8 Å². The van der Waals surface area contributed by atoms with Crippen LogP contribution in [0.1, 0.15) is 23.2 Å². The topological polar surface area (TPSA) is 70.2 Å². The molecular weight excluding hydrogens is 309 g/mol. The Labute approximate surface area is 139 Å². The molecule has 2 aromatic carbocycles. The number of benzene rings is 2. The van der Waals surface area contributed by atoms with Gasteiger partial charge in [-0.2, -0.15) is 0 Å². The van der Waals surface area contributed by atoms with E-state index >= 15 is 0 Å². The number of nitrogens with one attached hydrogen (secondary N) is 3. The first-order chi connectivity index (χ1) is 11.6. The Hall–Kier alpha value is -2.89. The van der Waals surface area contributed by atoms with Gasteiger partial charge in [-0.3, -0.25) is 9.59 Å². The van der Waals surface area contributed by atoms with Crippen LogP contribution in [0.5, 0.6) is 0 Å². The second-order valence-corrected chi connectivity index (χ2v) is 5.71. The van der Waals surface area contributed by atoms with E-state index in [0.29, 0.717) is 23.0 Å². The van der Waals surface area contributed by atoms with Crippen LogP contribution < -0.4 is 16.0 Å². The molecule has 1 saturated carbocycles. The summed E-state index contributed by atoms with van der Waals surface area (Å²) in [6, 6.07) is 13.2. The summed E-state index contributed by atoms with van der Waals surface area (Å²) in [7, 11) is 0. The highest BCUT2D eigenvalue weighted by molar-refractivity contribution is 6.00. The van der Waals surface area contributed by atoms with Crippen LogP contribution in [-0.4, -0.2) is 24.4 Å². The van der Waals surface area contributed by atoms with Crippen LogP contribution in [-0.2, 0) is 4.79 Å². The van der Waals surface area contributed by atoms with Crippen LogP contribution in [0.2, 0.25) is 0 Å². The summed E-state index contributed by atoms with van der Waals surface area (Å²) >= 11 is 0. The van der Waals surface area contributed by atoms with Crippen molar-refractivity contribution in [3.63, 3.8) is 0 Å². The van der Waals surface area contributed by atoms with E-state index in [1.807, 2.05) is 6.07 Å². The van der Waals surface area contributed by atoms with Crippen molar-refractivity contribution in [1.29, 1.82) is 0 Å². The molecule has 0 aliphatic heterocycles. The van der Waals surface area contributed by atoms with Crippen molar-refractivity contribution < 1.29 is 14.0 Å². The largest absolute Gasteiger partial charge is 0.381 e. The third kappa shape index (κ3) is 4.32. The normalized spacial score (nSPS) is 13.2. The zero-order valence-corrected chi connectivity index (χ0v) is 13.0. The van der Waals surface area contributed by atoms with Gasteiger partial charge in [-0.25, -0.2) is 4.39 Å². The number of anilines is 2. The van der Waals surface area contributed by atoms with E-state index in [2.05, 4.69) is 16.0 Å². The van der Waals surface area contributed by atoms with E-state index in [1.165, 1.54) is 18.2 Å². The second kappa shape index (κ2) is 7.12. The van der Waals surface area contributed by atoms with E-state index in [-0.39, 0.29) is 24.2 Å². The van der Waals surface area contributed by atoms with Gasteiger partial charge in [0.1, 0.15) is 5.82 Å². The number of carbonyl (C=O) groups is 2. The maximum absolute atomic E-state index is 13.4. The lowest BCUT2D eigenvalue weighted by Gasteiger charge is -2.13. The summed E-state index contributed by atoms with van der Waals surface area (Å²) in [4.78, 5) is 24.0. The molecule has 1 aliphatic rings. The third-order valence-corrected chi connectivity index (χ3v) is 3.64. The fourth-order valence-corrected chi connectivity index (χ4v) is 2.24. The molecule has 3 rings (SSSR count). The monoisotopic (exact) mass is 327 g/mol. The smallest absolute Gasteiger partial charge is 0.251 e. The first-order valence-corrected chi connectivity index (χ1v) is 7.81. The standard InChI is InChI=1S/C18H18FN3O2/c19-13-6-9-15(16(10-13)21-14-7-8-14)22-17(23)11-20-18(24)12-4-2-1-3-5-12/h1-6,9-10,14,21H,7-8,11H2,(H,20,24)(H,22,23). The molecule has 1 fully saturated rings. The van der Waals surface area contributed by atoms with Crippen molar-refractivity contribution in [1.82, 2.24) is 5.32 Å². The zero-order valence-electron chi connectivity index (χ0n) is 13.0. The molecule has 0 radical (unpaired) electrons. The number of hydrogen-bond donors (Lipinski definition) is 3. The molecule has 0 atom stereocenters. The number of carbonyl (C=O) groups excluding carboxylic acids is 2. The lowest BCUT2D eigenvalue weighted by molar-refractivity contribution is -0.115. The Morgan fingerprint density at radius 3 is 2.50 bits per heavy atom. The minimum Gasteiger partial charge on any atom is -0.381 e. The maximum Gasteiger partial charge on any atom is 0.251 e. The van der Waals surface area contributed by atoms with Crippen molar-refractivity contribution in [2.45, 2.75) is 18.9 Å². The number of hydrogen-bond acceptors (Lipinski definition) is 3. The summed E-state index contributed by atoms with van der Waals surface area (Å²) in [5.41, 5.74) is 1.55. The van der Waals surface area contributed by atoms with Gasteiger partial charge in [-0.15, -0.1) is 0 Å². The summed E-state index contributed by atoms with van der Waals surface area (Å²) in [5, 5.41) is 8.43. The van der Waals surface area contributed by atoms with Gasteiger partial charge in [0.25, 0.3) is 5.91 Å². The minimum atomic E-state index is -0.371. The Balaban J connectivity index is 1.57. The van der Waals surface area contributed by atoms with Crippen LogP contribution in [0.3, 0.4) is 0 Å². The van der Waals surface area contributed by atoms with Gasteiger partial charge in [-0.05, 0) is 43.2 Å². The highest BCUT2D eigenvalue weighted by Gasteiger charge is 2.22. The van der Waals surface area contributed by atoms with Crippen molar-refractivity contribution in [3.05, 3.63) is 59.9 Å². The first-order valence-electron chi connectivity index (χ1n) is 7.81. The zero-order chi connectivity index (χ0) is 16.9. The van der Waals surface area contributed by atoms with Gasteiger partial charge in [-0.1, -0.05) is 18.2 Å². The Morgan fingerprint density at radius 1 is 1.04 bits per heavy atom.